The molecule has 0 saturated carbocycles. The van der Waals surface area contributed by atoms with E-state index >= 15 is 0 Å². The van der Waals surface area contributed by atoms with Gasteiger partial charge in [-0.1, -0.05) is 34.8 Å². The number of furan rings is 1. The highest BCUT2D eigenvalue weighted by atomic mass is 79.9. The second-order valence-corrected chi connectivity index (χ2v) is 6.98. The number of nitrogens with one attached hydrogen (secondary N) is 1. The molecule has 0 fully saturated rings. The molecule has 1 heterocycles. The van der Waals surface area contributed by atoms with Gasteiger partial charge in [0.25, 0.3) is 5.91 Å². The van der Waals surface area contributed by atoms with E-state index in [0.29, 0.717) is 32.1 Å². The van der Waals surface area contributed by atoms with Crippen molar-refractivity contribution in [2.75, 3.05) is 5.32 Å². The normalized spacial score (nSPS) is 10.7. The Labute approximate surface area is 161 Å². The van der Waals surface area contributed by atoms with Gasteiger partial charge < -0.3 is 9.73 Å². The molecule has 0 saturated heterocycles. The number of carbonyl (C=O) groups is 1. The molecule has 3 rings (SSSR count). The Morgan fingerprint density at radius 2 is 1.75 bits per heavy atom. The first-order chi connectivity index (χ1) is 11.4. The summed E-state index contributed by atoms with van der Waals surface area (Å²) in [6, 6.07) is 13.4. The van der Waals surface area contributed by atoms with E-state index in [2.05, 4.69) is 21.2 Å². The largest absolute Gasteiger partial charge is 0.451 e. The summed E-state index contributed by atoms with van der Waals surface area (Å²) < 4.78 is 6.34. The minimum absolute atomic E-state index is 0.153. The van der Waals surface area contributed by atoms with E-state index in [4.69, 9.17) is 39.2 Å². The van der Waals surface area contributed by atoms with Crippen LogP contribution in [0, 0.1) is 0 Å². The monoisotopic (exact) mass is 443 g/mol. The van der Waals surface area contributed by atoms with Crippen molar-refractivity contribution in [2.45, 2.75) is 0 Å². The minimum Gasteiger partial charge on any atom is -0.451 e. The number of hydrogen-bond donors (Lipinski definition) is 1. The highest BCUT2D eigenvalue weighted by Crippen LogP contribution is 2.32. The predicted octanol–water partition coefficient (Wildman–Crippen LogP) is 6.92. The summed E-state index contributed by atoms with van der Waals surface area (Å²) in [6.45, 7) is 0. The maximum absolute atomic E-state index is 12.3. The zero-order valence-electron chi connectivity index (χ0n) is 11.9. The van der Waals surface area contributed by atoms with Gasteiger partial charge in [-0.05, 0) is 64.5 Å². The Kier molecular flexibility index (Phi) is 5.21. The van der Waals surface area contributed by atoms with Gasteiger partial charge in [0.2, 0.25) is 0 Å². The van der Waals surface area contributed by atoms with E-state index in [1.807, 2.05) is 0 Å². The van der Waals surface area contributed by atoms with Crippen LogP contribution in [-0.2, 0) is 0 Å². The maximum Gasteiger partial charge on any atom is 0.291 e. The van der Waals surface area contributed by atoms with Crippen molar-refractivity contribution in [2.24, 2.45) is 0 Å². The lowest BCUT2D eigenvalue weighted by atomic mass is 10.2. The van der Waals surface area contributed by atoms with Gasteiger partial charge in [0.15, 0.2) is 5.76 Å². The molecule has 0 aliphatic carbocycles. The number of halogens is 4. The van der Waals surface area contributed by atoms with E-state index in [-0.39, 0.29) is 5.76 Å². The van der Waals surface area contributed by atoms with Crippen molar-refractivity contribution in [3.63, 3.8) is 0 Å². The summed E-state index contributed by atoms with van der Waals surface area (Å²) >= 11 is 21.4. The molecule has 1 N–H and O–H groups in total. The first-order valence-electron chi connectivity index (χ1n) is 6.76. The molecule has 0 unspecified atom stereocenters. The fourth-order valence-electron chi connectivity index (χ4n) is 2.06. The Morgan fingerprint density at radius 1 is 0.958 bits per heavy atom. The maximum atomic E-state index is 12.3. The van der Waals surface area contributed by atoms with Crippen molar-refractivity contribution in [3.05, 3.63) is 73.8 Å². The molecule has 7 heteroatoms. The van der Waals surface area contributed by atoms with Gasteiger partial charge in [-0.15, -0.1) is 0 Å². The standard InChI is InChI=1S/C17H9BrCl3NO2/c18-12-3-2-10(8-14(12)21)22-17(23)16-6-5-15(24-16)11-7-9(19)1-4-13(11)20/h1-8H,(H,22,23). The van der Waals surface area contributed by atoms with Crippen LogP contribution in [0.3, 0.4) is 0 Å². The molecule has 3 nitrogen and oxygen atoms in total. The van der Waals surface area contributed by atoms with Crippen LogP contribution in [-0.4, -0.2) is 5.91 Å². The van der Waals surface area contributed by atoms with E-state index in [9.17, 15) is 4.79 Å². The Balaban J connectivity index is 1.83. The number of carbonyl (C=O) groups excluding carboxylic acids is 1. The van der Waals surface area contributed by atoms with Crippen LogP contribution < -0.4 is 5.32 Å². The zero-order valence-corrected chi connectivity index (χ0v) is 15.8. The predicted molar refractivity (Wildman–Crippen MR) is 101 cm³/mol. The summed E-state index contributed by atoms with van der Waals surface area (Å²) in [5.41, 5.74) is 1.18. The van der Waals surface area contributed by atoms with E-state index in [0.717, 1.165) is 4.47 Å². The third kappa shape index (κ3) is 3.78. The molecule has 1 amide bonds. The minimum atomic E-state index is -0.391. The van der Waals surface area contributed by atoms with Crippen molar-refractivity contribution < 1.29 is 9.21 Å². The molecule has 0 spiro atoms. The van der Waals surface area contributed by atoms with Crippen LogP contribution in [0.5, 0.6) is 0 Å². The van der Waals surface area contributed by atoms with Gasteiger partial charge >= 0.3 is 0 Å². The fourth-order valence-corrected chi connectivity index (χ4v) is 2.87. The molecule has 0 atom stereocenters. The quantitative estimate of drug-likeness (QED) is 0.475. The second kappa shape index (κ2) is 7.19. The van der Waals surface area contributed by atoms with Gasteiger partial charge in [0.1, 0.15) is 5.76 Å². The van der Waals surface area contributed by atoms with Crippen molar-refractivity contribution in [3.8, 4) is 11.3 Å². The van der Waals surface area contributed by atoms with Gasteiger partial charge in [-0.3, -0.25) is 4.79 Å². The fraction of sp³-hybridized carbons (Fsp3) is 0. The van der Waals surface area contributed by atoms with Crippen LogP contribution >= 0.6 is 50.7 Å². The van der Waals surface area contributed by atoms with E-state index < -0.39 is 5.91 Å². The Hall–Kier alpha value is -1.46. The molecule has 1 aromatic heterocycles. The van der Waals surface area contributed by atoms with Crippen LogP contribution in [0.4, 0.5) is 5.69 Å². The molecular formula is C17H9BrCl3NO2. The summed E-state index contributed by atoms with van der Waals surface area (Å²) in [7, 11) is 0. The molecule has 122 valence electrons. The van der Waals surface area contributed by atoms with Crippen LogP contribution in [0.2, 0.25) is 15.1 Å². The number of anilines is 1. The first kappa shape index (κ1) is 17.4. The average molecular weight is 446 g/mol. The smallest absolute Gasteiger partial charge is 0.291 e. The van der Waals surface area contributed by atoms with Crippen LogP contribution in [0.25, 0.3) is 11.3 Å². The van der Waals surface area contributed by atoms with Crippen molar-refractivity contribution in [1.82, 2.24) is 0 Å². The SMILES string of the molecule is O=C(Nc1ccc(Br)c(Cl)c1)c1ccc(-c2cc(Cl)ccc2Cl)o1. The van der Waals surface area contributed by atoms with E-state index in [1.54, 1.807) is 48.5 Å². The number of rotatable bonds is 3. The van der Waals surface area contributed by atoms with Crippen molar-refractivity contribution >= 4 is 62.3 Å². The number of benzene rings is 2. The summed E-state index contributed by atoms with van der Waals surface area (Å²) in [5, 5.41) is 4.23. The molecule has 0 aliphatic rings. The third-order valence-electron chi connectivity index (χ3n) is 3.20. The van der Waals surface area contributed by atoms with Crippen LogP contribution in [0.1, 0.15) is 10.6 Å². The highest BCUT2D eigenvalue weighted by molar-refractivity contribution is 9.10. The number of hydrogen-bond acceptors (Lipinski definition) is 2. The highest BCUT2D eigenvalue weighted by Gasteiger charge is 2.15. The van der Waals surface area contributed by atoms with E-state index in [1.165, 1.54) is 0 Å². The van der Waals surface area contributed by atoms with Gasteiger partial charge in [-0.2, -0.15) is 0 Å². The average Bonchev–Trinajstić information content (AvgIpc) is 3.03. The summed E-state index contributed by atoms with van der Waals surface area (Å²) in [6.07, 6.45) is 0. The molecular weight excluding hydrogens is 436 g/mol. The molecule has 24 heavy (non-hydrogen) atoms. The molecule has 0 radical (unpaired) electrons. The molecule has 3 aromatic rings. The molecule has 0 bridgehead atoms. The third-order valence-corrected chi connectivity index (χ3v) is 5.00. The van der Waals surface area contributed by atoms with Crippen molar-refractivity contribution in [1.29, 1.82) is 0 Å². The summed E-state index contributed by atoms with van der Waals surface area (Å²) in [5.74, 6) is 0.222. The lowest BCUT2D eigenvalue weighted by Gasteiger charge is -2.05. The lowest BCUT2D eigenvalue weighted by molar-refractivity contribution is 0.0997. The Morgan fingerprint density at radius 3 is 2.50 bits per heavy atom. The molecule has 2 aromatic carbocycles. The zero-order chi connectivity index (χ0) is 17.3. The molecule has 0 aliphatic heterocycles. The van der Waals surface area contributed by atoms with Gasteiger partial charge in [0, 0.05) is 20.7 Å². The topological polar surface area (TPSA) is 42.2 Å². The second-order valence-electron chi connectivity index (χ2n) is 4.87. The lowest BCUT2D eigenvalue weighted by Crippen LogP contribution is -2.10. The Bertz CT molecular complexity index is 924. The van der Waals surface area contributed by atoms with Gasteiger partial charge in [-0.25, -0.2) is 0 Å². The van der Waals surface area contributed by atoms with Gasteiger partial charge in [0.05, 0.1) is 10.0 Å². The summed E-state index contributed by atoms with van der Waals surface area (Å²) in [4.78, 5) is 12.3. The first-order valence-corrected chi connectivity index (χ1v) is 8.68. The van der Waals surface area contributed by atoms with Crippen LogP contribution in [0.15, 0.2) is 57.4 Å². The number of amides is 1.